The highest BCUT2D eigenvalue weighted by Crippen LogP contribution is 2.11. The Bertz CT molecular complexity index is 391. The number of amides is 2. The van der Waals surface area contributed by atoms with Gasteiger partial charge in [-0.05, 0) is 24.6 Å². The second kappa shape index (κ2) is 5.75. The first-order chi connectivity index (χ1) is 7.58. The van der Waals surface area contributed by atoms with Gasteiger partial charge >= 0.3 is 0 Å². The highest BCUT2D eigenvalue weighted by molar-refractivity contribution is 5.84. The van der Waals surface area contributed by atoms with E-state index >= 15 is 0 Å². The summed E-state index contributed by atoms with van der Waals surface area (Å²) in [4.78, 5) is 21.6. The van der Waals surface area contributed by atoms with E-state index in [1.54, 1.807) is 6.07 Å². The monoisotopic (exact) mass is 222 g/mol. The molecule has 0 bridgehead atoms. The number of nitrogens with one attached hydrogen (secondary N) is 1. The van der Waals surface area contributed by atoms with Gasteiger partial charge in [0, 0.05) is 0 Å². The van der Waals surface area contributed by atoms with Crippen LogP contribution in [0.4, 0.5) is 0 Å². The average Bonchev–Trinajstić information content (AvgIpc) is 2.23. The maximum absolute atomic E-state index is 11.2. The van der Waals surface area contributed by atoms with Crippen LogP contribution in [0, 0.1) is 6.92 Å². The lowest BCUT2D eigenvalue weighted by atomic mass is 10.2. The van der Waals surface area contributed by atoms with E-state index in [2.05, 4.69) is 5.32 Å². The van der Waals surface area contributed by atoms with Gasteiger partial charge in [-0.1, -0.05) is 12.1 Å². The predicted molar refractivity (Wildman–Crippen MR) is 58.9 cm³/mol. The normalized spacial score (nSPS) is 9.56. The molecule has 0 saturated heterocycles. The van der Waals surface area contributed by atoms with Gasteiger partial charge in [-0.2, -0.15) is 0 Å². The number of primary amides is 1. The van der Waals surface area contributed by atoms with Crippen LogP contribution >= 0.6 is 0 Å². The maximum Gasteiger partial charge on any atom is 0.258 e. The van der Waals surface area contributed by atoms with E-state index in [9.17, 15) is 9.59 Å². The Hall–Kier alpha value is -2.04. The van der Waals surface area contributed by atoms with Gasteiger partial charge in [0.25, 0.3) is 5.91 Å². The van der Waals surface area contributed by atoms with Crippen molar-refractivity contribution in [1.82, 2.24) is 5.32 Å². The fourth-order valence-electron chi connectivity index (χ4n) is 1.09. The Labute approximate surface area is 93.6 Å². The van der Waals surface area contributed by atoms with Gasteiger partial charge in [0.05, 0.1) is 6.54 Å². The molecule has 0 heterocycles. The molecule has 2 amide bonds. The molecule has 5 nitrogen and oxygen atoms in total. The zero-order valence-electron chi connectivity index (χ0n) is 9.03. The number of aryl methyl sites for hydroxylation is 1. The maximum atomic E-state index is 11.2. The lowest BCUT2D eigenvalue weighted by Crippen LogP contribution is -2.36. The summed E-state index contributed by atoms with van der Waals surface area (Å²) in [5, 5.41) is 2.33. The lowest BCUT2D eigenvalue weighted by Gasteiger charge is -2.06. The molecule has 0 saturated carbocycles. The number of ether oxygens (including phenoxy) is 1. The molecule has 0 fully saturated rings. The molecule has 0 aliphatic heterocycles. The third-order valence-electron chi connectivity index (χ3n) is 1.82. The Balaban J connectivity index is 2.34. The second-order valence-corrected chi connectivity index (χ2v) is 3.35. The van der Waals surface area contributed by atoms with Gasteiger partial charge in [-0.15, -0.1) is 0 Å². The molecule has 0 spiro atoms. The summed E-state index contributed by atoms with van der Waals surface area (Å²) < 4.78 is 5.22. The Kier molecular flexibility index (Phi) is 4.32. The Morgan fingerprint density at radius 2 is 2.19 bits per heavy atom. The van der Waals surface area contributed by atoms with Crippen LogP contribution in [0.25, 0.3) is 0 Å². The SMILES string of the molecule is Cc1cccc(OCC(=O)NCC(N)=O)c1. The fraction of sp³-hybridized carbons (Fsp3) is 0.273. The summed E-state index contributed by atoms with van der Waals surface area (Å²) in [6.07, 6.45) is 0. The molecule has 1 aromatic rings. The van der Waals surface area contributed by atoms with Crippen LogP contribution in [-0.4, -0.2) is 25.0 Å². The fourth-order valence-corrected chi connectivity index (χ4v) is 1.09. The van der Waals surface area contributed by atoms with Gasteiger partial charge in [0.1, 0.15) is 5.75 Å². The first kappa shape index (κ1) is 12.0. The van der Waals surface area contributed by atoms with Crippen molar-refractivity contribution in [1.29, 1.82) is 0 Å². The Morgan fingerprint density at radius 3 is 2.81 bits per heavy atom. The number of benzene rings is 1. The number of hydrogen-bond donors (Lipinski definition) is 2. The summed E-state index contributed by atoms with van der Waals surface area (Å²) in [6, 6.07) is 7.35. The molecular formula is C11H14N2O3. The third kappa shape index (κ3) is 4.45. The molecule has 3 N–H and O–H groups in total. The summed E-state index contributed by atoms with van der Waals surface area (Å²) in [6.45, 7) is 1.63. The first-order valence-electron chi connectivity index (χ1n) is 4.82. The molecule has 0 aromatic heterocycles. The van der Waals surface area contributed by atoms with Crippen LogP contribution < -0.4 is 15.8 Å². The first-order valence-corrected chi connectivity index (χ1v) is 4.82. The van der Waals surface area contributed by atoms with Crippen molar-refractivity contribution in [2.45, 2.75) is 6.92 Å². The van der Waals surface area contributed by atoms with Crippen LogP contribution in [0.1, 0.15) is 5.56 Å². The number of carbonyl (C=O) groups is 2. The summed E-state index contributed by atoms with van der Waals surface area (Å²) in [5.74, 6) is -0.335. The molecule has 0 unspecified atom stereocenters. The zero-order valence-corrected chi connectivity index (χ0v) is 9.03. The van der Waals surface area contributed by atoms with Crippen LogP contribution in [0.3, 0.4) is 0 Å². The van der Waals surface area contributed by atoms with Gasteiger partial charge in [-0.3, -0.25) is 9.59 Å². The van der Waals surface area contributed by atoms with Crippen molar-refractivity contribution in [3.05, 3.63) is 29.8 Å². The minimum absolute atomic E-state index is 0.128. The molecule has 1 aromatic carbocycles. The van der Waals surface area contributed by atoms with Crippen LogP contribution in [0.15, 0.2) is 24.3 Å². The summed E-state index contributed by atoms with van der Waals surface area (Å²) >= 11 is 0. The second-order valence-electron chi connectivity index (χ2n) is 3.35. The average molecular weight is 222 g/mol. The molecule has 5 heteroatoms. The van der Waals surface area contributed by atoms with Crippen LogP contribution in [-0.2, 0) is 9.59 Å². The molecule has 0 aliphatic rings. The molecule has 1 rings (SSSR count). The van der Waals surface area contributed by atoms with Gasteiger partial charge in [0.2, 0.25) is 5.91 Å². The molecule has 0 atom stereocenters. The van der Waals surface area contributed by atoms with Crippen molar-refractivity contribution < 1.29 is 14.3 Å². The van der Waals surface area contributed by atoms with E-state index in [-0.39, 0.29) is 19.1 Å². The van der Waals surface area contributed by atoms with Gasteiger partial charge in [-0.25, -0.2) is 0 Å². The lowest BCUT2D eigenvalue weighted by molar-refractivity contribution is -0.126. The predicted octanol–water partition coefficient (Wildman–Crippen LogP) is -0.0247. The number of hydrogen-bond acceptors (Lipinski definition) is 3. The smallest absolute Gasteiger partial charge is 0.258 e. The number of carbonyl (C=O) groups excluding carboxylic acids is 2. The molecule has 16 heavy (non-hydrogen) atoms. The minimum Gasteiger partial charge on any atom is -0.484 e. The third-order valence-corrected chi connectivity index (χ3v) is 1.82. The van der Waals surface area contributed by atoms with Crippen molar-refractivity contribution >= 4 is 11.8 Å². The highest BCUT2D eigenvalue weighted by Gasteiger charge is 2.03. The van der Waals surface area contributed by atoms with Crippen LogP contribution in [0.2, 0.25) is 0 Å². The van der Waals surface area contributed by atoms with Crippen molar-refractivity contribution in [3.8, 4) is 5.75 Å². The van der Waals surface area contributed by atoms with Crippen LogP contribution in [0.5, 0.6) is 5.75 Å². The van der Waals surface area contributed by atoms with E-state index in [1.165, 1.54) is 0 Å². The highest BCUT2D eigenvalue weighted by atomic mass is 16.5. The molecule has 0 radical (unpaired) electrons. The minimum atomic E-state index is -0.580. The van der Waals surface area contributed by atoms with E-state index < -0.39 is 5.91 Å². The molecular weight excluding hydrogens is 208 g/mol. The summed E-state index contributed by atoms with van der Waals surface area (Å²) in [5.41, 5.74) is 5.92. The summed E-state index contributed by atoms with van der Waals surface area (Å²) in [7, 11) is 0. The van der Waals surface area contributed by atoms with Gasteiger partial charge in [0.15, 0.2) is 6.61 Å². The van der Waals surface area contributed by atoms with Gasteiger partial charge < -0.3 is 15.8 Å². The van der Waals surface area contributed by atoms with Crippen molar-refractivity contribution in [3.63, 3.8) is 0 Å². The van der Waals surface area contributed by atoms with Crippen molar-refractivity contribution in [2.75, 3.05) is 13.2 Å². The molecule has 86 valence electrons. The van der Waals surface area contributed by atoms with Crippen molar-refractivity contribution in [2.24, 2.45) is 5.73 Å². The quantitative estimate of drug-likeness (QED) is 0.734. The molecule has 0 aliphatic carbocycles. The largest absolute Gasteiger partial charge is 0.484 e. The van der Waals surface area contributed by atoms with E-state index in [0.717, 1.165) is 5.56 Å². The topological polar surface area (TPSA) is 81.4 Å². The number of nitrogens with two attached hydrogens (primary N) is 1. The number of rotatable bonds is 5. The Morgan fingerprint density at radius 1 is 1.44 bits per heavy atom. The zero-order chi connectivity index (χ0) is 12.0. The van der Waals surface area contributed by atoms with E-state index in [1.807, 2.05) is 25.1 Å². The van der Waals surface area contributed by atoms with E-state index in [4.69, 9.17) is 10.5 Å². The standard InChI is InChI=1S/C11H14N2O3/c1-8-3-2-4-9(5-8)16-7-11(15)13-6-10(12)14/h2-5H,6-7H2,1H3,(H2,12,14)(H,13,15). The van der Waals surface area contributed by atoms with E-state index in [0.29, 0.717) is 5.75 Å².